The number of fused-ring (bicyclic) bond motifs is 13. The number of aryl methyl sites for hydroxylation is 1. The zero-order chi connectivity index (χ0) is 61.3. The first-order chi connectivity index (χ1) is 45.3. The highest BCUT2D eigenvalue weighted by molar-refractivity contribution is 7.00. The molecular formula is C86H65BN4O. The summed E-state index contributed by atoms with van der Waals surface area (Å²) in [5, 5.41) is 7.17. The van der Waals surface area contributed by atoms with Crippen molar-refractivity contribution in [1.82, 2.24) is 9.13 Å². The molecule has 5 heterocycles. The van der Waals surface area contributed by atoms with Crippen molar-refractivity contribution in [3.63, 3.8) is 0 Å². The number of para-hydroxylation sites is 6. The number of hydrogen-bond donors (Lipinski definition) is 0. The molecule has 0 radical (unpaired) electrons. The van der Waals surface area contributed by atoms with Gasteiger partial charge in [-0.1, -0.05) is 246 Å². The number of nitrogens with zero attached hydrogens (tertiary/aromatic N) is 4. The first kappa shape index (κ1) is 53.9. The lowest BCUT2D eigenvalue weighted by Gasteiger charge is -2.46. The van der Waals surface area contributed by atoms with Crippen LogP contribution in [0, 0.1) is 0 Å². The minimum Gasteiger partial charge on any atom is -0.456 e. The number of hydrogen-bond acceptors (Lipinski definition) is 3. The minimum absolute atomic E-state index is 0.201. The molecule has 0 amide bonds. The summed E-state index contributed by atoms with van der Waals surface area (Å²) in [5.41, 5.74) is 28.6. The van der Waals surface area contributed by atoms with Gasteiger partial charge in [0, 0.05) is 83.1 Å². The van der Waals surface area contributed by atoms with Gasteiger partial charge in [0.1, 0.15) is 11.2 Å². The first-order valence-electron chi connectivity index (χ1n) is 32.6. The Morgan fingerprint density at radius 1 is 0.380 bits per heavy atom. The second-order valence-electron chi connectivity index (χ2n) is 26.1. The molecule has 92 heavy (non-hydrogen) atoms. The molecule has 2 aliphatic heterocycles. The molecule has 2 aliphatic rings. The largest absolute Gasteiger partial charge is 0.456 e. The Labute approximate surface area is 536 Å². The predicted molar refractivity (Wildman–Crippen MR) is 390 cm³/mol. The normalized spacial score (nSPS) is 12.8. The zero-order valence-electron chi connectivity index (χ0n) is 52.0. The fourth-order valence-electron chi connectivity index (χ4n) is 15.7. The van der Waals surface area contributed by atoms with Gasteiger partial charge in [-0.3, -0.25) is 0 Å². The Hall–Kier alpha value is -11.1. The lowest BCUT2D eigenvalue weighted by Crippen LogP contribution is -2.61. The Bertz CT molecular complexity index is 5470. The fourth-order valence-corrected chi connectivity index (χ4v) is 15.7. The van der Waals surface area contributed by atoms with Crippen LogP contribution in [0.5, 0.6) is 0 Å². The fraction of sp³-hybridized carbons (Fsp3) is 0.0930. The molecule has 0 spiro atoms. The van der Waals surface area contributed by atoms with Gasteiger partial charge < -0.3 is 23.4 Å². The van der Waals surface area contributed by atoms with Crippen molar-refractivity contribution in [1.29, 1.82) is 0 Å². The van der Waals surface area contributed by atoms with Gasteiger partial charge in [-0.15, -0.1) is 0 Å². The van der Waals surface area contributed by atoms with Gasteiger partial charge in [0.05, 0.1) is 33.4 Å². The van der Waals surface area contributed by atoms with Crippen LogP contribution in [0.3, 0.4) is 0 Å². The molecule has 13 aromatic carbocycles. The number of rotatable bonds is 10. The summed E-state index contributed by atoms with van der Waals surface area (Å²) >= 11 is 0. The number of benzene rings is 13. The third-order valence-electron chi connectivity index (χ3n) is 19.8. The highest BCUT2D eigenvalue weighted by atomic mass is 16.3. The van der Waals surface area contributed by atoms with Gasteiger partial charge >= 0.3 is 0 Å². The Morgan fingerprint density at radius 2 is 0.815 bits per heavy atom. The molecule has 0 saturated heterocycles. The SMILES string of the molecule is CCCCc1cc2oc3ccccc3c2c(-c2ccccc2)c1N1c2cc(-n3c4ccccc4c4ccccc43)ccc2B2c3ccc(-n4c5ccccc5c5ccccc54)cc3N(c3c(-c4ccccc4)cccc3-c3ccccc3)c3cc(C(C)(C)C)cc1c32. The van der Waals surface area contributed by atoms with Crippen molar-refractivity contribution in [2.45, 2.75) is 52.4 Å². The van der Waals surface area contributed by atoms with Gasteiger partial charge in [0.2, 0.25) is 0 Å². The van der Waals surface area contributed by atoms with Gasteiger partial charge in [-0.2, -0.15) is 0 Å². The van der Waals surface area contributed by atoms with E-state index in [1.54, 1.807) is 0 Å². The van der Waals surface area contributed by atoms with E-state index in [9.17, 15) is 0 Å². The summed E-state index contributed by atoms with van der Waals surface area (Å²) in [6.07, 6.45) is 2.90. The van der Waals surface area contributed by atoms with Crippen LogP contribution in [0.15, 0.2) is 290 Å². The number of furan rings is 1. The van der Waals surface area contributed by atoms with E-state index in [4.69, 9.17) is 4.42 Å². The molecule has 0 unspecified atom stereocenters. The predicted octanol–water partition coefficient (Wildman–Crippen LogP) is 21.5. The Morgan fingerprint density at radius 3 is 1.29 bits per heavy atom. The van der Waals surface area contributed by atoms with Crippen molar-refractivity contribution < 1.29 is 4.42 Å². The average molecular weight is 1180 g/mol. The number of unbranched alkanes of at least 4 members (excludes halogenated alkanes) is 1. The van der Waals surface area contributed by atoms with Crippen molar-refractivity contribution in [2.75, 3.05) is 9.80 Å². The van der Waals surface area contributed by atoms with E-state index in [-0.39, 0.29) is 12.1 Å². The molecule has 0 bridgehead atoms. The smallest absolute Gasteiger partial charge is 0.252 e. The molecule has 18 rings (SSSR count). The summed E-state index contributed by atoms with van der Waals surface area (Å²) in [6.45, 7) is 9.28. The van der Waals surface area contributed by atoms with Gasteiger partial charge in [-0.25, -0.2) is 0 Å². The molecule has 0 saturated carbocycles. The van der Waals surface area contributed by atoms with Crippen LogP contribution in [0.2, 0.25) is 0 Å². The molecule has 0 atom stereocenters. The maximum absolute atomic E-state index is 7.04. The summed E-state index contributed by atoms with van der Waals surface area (Å²) in [4.78, 5) is 5.43. The van der Waals surface area contributed by atoms with Gasteiger partial charge in [0.15, 0.2) is 0 Å². The van der Waals surface area contributed by atoms with Crippen molar-refractivity contribution >= 4 is 123 Å². The van der Waals surface area contributed by atoms with Crippen molar-refractivity contribution in [3.05, 3.63) is 296 Å². The van der Waals surface area contributed by atoms with Crippen LogP contribution in [0.1, 0.15) is 51.7 Å². The Balaban J connectivity index is 1.03. The van der Waals surface area contributed by atoms with E-state index in [0.717, 1.165) is 103 Å². The standard InChI is InChI=1S/C86H65BN4O/c1-5-6-27-58-50-80-82(68-38-20-25-45-79(68)92-80)81(57-32-14-9-15-33-57)84(58)90-75-53-60(88-71-41-21-16-34-64(71)65-35-17-22-42-72(65)88)46-48-69(75)87-70-49-47-61(89-73-43-23-18-36-66(73)67-37-19-24-44-74(67)89)54-76(70)91(78-52-59(86(2,3)4)51-77(90)83(78)87)85-62(55-28-10-7-11-29-55)39-26-40-63(85)56-30-12-8-13-31-56/h7-26,28-54H,5-6,27H2,1-4H3. The first-order valence-corrected chi connectivity index (χ1v) is 32.6. The summed E-state index contributed by atoms with van der Waals surface area (Å²) in [7, 11) is 0. The molecule has 6 heteroatoms. The van der Waals surface area contributed by atoms with E-state index in [0.29, 0.717) is 0 Å². The topological polar surface area (TPSA) is 29.5 Å². The van der Waals surface area contributed by atoms with Crippen molar-refractivity contribution in [2.24, 2.45) is 0 Å². The third-order valence-corrected chi connectivity index (χ3v) is 19.8. The van der Waals surface area contributed by atoms with E-state index in [1.807, 2.05) is 0 Å². The van der Waals surface area contributed by atoms with Gasteiger partial charge in [-0.05, 0) is 135 Å². The second kappa shape index (κ2) is 21.0. The summed E-state index contributed by atoms with van der Waals surface area (Å²) < 4.78 is 12.0. The number of aromatic nitrogens is 2. The molecular weight excluding hydrogens is 1120 g/mol. The lowest BCUT2D eigenvalue weighted by atomic mass is 9.33. The van der Waals surface area contributed by atoms with E-state index in [2.05, 4.69) is 332 Å². The molecule has 16 aromatic rings. The molecule has 438 valence electrons. The van der Waals surface area contributed by atoms with Crippen LogP contribution >= 0.6 is 0 Å². The summed E-state index contributed by atoms with van der Waals surface area (Å²) in [5.74, 6) is 0. The maximum Gasteiger partial charge on any atom is 0.252 e. The van der Waals surface area contributed by atoms with E-state index < -0.39 is 0 Å². The lowest BCUT2D eigenvalue weighted by molar-refractivity contribution is 0.590. The zero-order valence-corrected chi connectivity index (χ0v) is 52.0. The Kier molecular flexibility index (Phi) is 12.3. The average Bonchev–Trinajstić information content (AvgIpc) is 0.761. The molecule has 0 N–H and O–H groups in total. The third kappa shape index (κ3) is 8.19. The quantitative estimate of drug-likeness (QED) is 0.128. The number of anilines is 6. The summed E-state index contributed by atoms with van der Waals surface area (Å²) in [6, 6.07) is 107. The second-order valence-corrected chi connectivity index (χ2v) is 26.1. The highest BCUT2D eigenvalue weighted by Crippen LogP contribution is 2.55. The van der Waals surface area contributed by atoms with Crippen LogP contribution in [0.4, 0.5) is 34.1 Å². The van der Waals surface area contributed by atoms with Crippen LogP contribution in [-0.4, -0.2) is 15.8 Å². The highest BCUT2D eigenvalue weighted by Gasteiger charge is 2.46. The molecule has 0 fully saturated rings. The molecule has 0 aliphatic carbocycles. The maximum atomic E-state index is 7.04. The van der Waals surface area contributed by atoms with E-state index in [1.165, 1.54) is 88.1 Å². The van der Waals surface area contributed by atoms with Crippen LogP contribution in [-0.2, 0) is 11.8 Å². The van der Waals surface area contributed by atoms with Crippen molar-refractivity contribution in [3.8, 4) is 44.8 Å². The van der Waals surface area contributed by atoms with Gasteiger partial charge in [0.25, 0.3) is 6.71 Å². The molecule has 3 aromatic heterocycles. The minimum atomic E-state index is -0.298. The monoisotopic (exact) mass is 1180 g/mol. The van der Waals surface area contributed by atoms with Crippen LogP contribution < -0.4 is 26.2 Å². The molecule has 5 nitrogen and oxygen atoms in total. The van der Waals surface area contributed by atoms with E-state index >= 15 is 0 Å². The van der Waals surface area contributed by atoms with Crippen LogP contribution in [0.25, 0.3) is 110 Å².